The van der Waals surface area contributed by atoms with Gasteiger partial charge < -0.3 is 19.6 Å². The Balaban J connectivity index is 1.75. The SMILES string of the molecule is CC1Oc2cc(O)ccc2N(CCN2CCCCC2)C1=O. The Morgan fingerprint density at radius 1 is 1.24 bits per heavy atom. The van der Waals surface area contributed by atoms with Gasteiger partial charge in [-0.05, 0) is 45.0 Å². The molecule has 1 fully saturated rings. The maximum atomic E-state index is 12.4. The molecule has 2 aliphatic rings. The summed E-state index contributed by atoms with van der Waals surface area (Å²) in [5, 5.41) is 9.57. The van der Waals surface area contributed by atoms with Crippen molar-refractivity contribution >= 4 is 11.6 Å². The van der Waals surface area contributed by atoms with Crippen LogP contribution in [0, 0.1) is 0 Å². The molecule has 5 nitrogen and oxygen atoms in total. The van der Waals surface area contributed by atoms with Gasteiger partial charge in [0, 0.05) is 19.2 Å². The van der Waals surface area contributed by atoms with Crippen molar-refractivity contribution in [1.29, 1.82) is 0 Å². The van der Waals surface area contributed by atoms with Crippen molar-refractivity contribution in [3.05, 3.63) is 18.2 Å². The first-order chi connectivity index (χ1) is 10.1. The number of anilines is 1. The third kappa shape index (κ3) is 2.97. The lowest BCUT2D eigenvalue weighted by Gasteiger charge is -2.35. The van der Waals surface area contributed by atoms with E-state index in [0.717, 1.165) is 25.3 Å². The summed E-state index contributed by atoms with van der Waals surface area (Å²) in [5.74, 6) is 0.734. The highest BCUT2D eigenvalue weighted by Gasteiger charge is 2.31. The first kappa shape index (κ1) is 14.2. The van der Waals surface area contributed by atoms with Crippen molar-refractivity contribution in [1.82, 2.24) is 4.90 Å². The fraction of sp³-hybridized carbons (Fsp3) is 0.562. The second-order valence-electron chi connectivity index (χ2n) is 5.80. The van der Waals surface area contributed by atoms with Crippen LogP contribution in [0.2, 0.25) is 0 Å². The van der Waals surface area contributed by atoms with Crippen LogP contribution in [0.15, 0.2) is 18.2 Å². The summed E-state index contributed by atoms with van der Waals surface area (Å²) in [7, 11) is 0. The summed E-state index contributed by atoms with van der Waals surface area (Å²) < 4.78 is 5.58. The molecule has 1 atom stereocenters. The minimum atomic E-state index is -0.499. The highest BCUT2D eigenvalue weighted by atomic mass is 16.5. The first-order valence-electron chi connectivity index (χ1n) is 7.68. The highest BCUT2D eigenvalue weighted by molar-refractivity contribution is 5.99. The molecule has 2 heterocycles. The van der Waals surface area contributed by atoms with Gasteiger partial charge >= 0.3 is 0 Å². The largest absolute Gasteiger partial charge is 0.508 e. The van der Waals surface area contributed by atoms with Gasteiger partial charge in [-0.15, -0.1) is 0 Å². The fourth-order valence-corrected chi connectivity index (χ4v) is 3.05. The number of nitrogens with zero attached hydrogens (tertiary/aromatic N) is 2. The molecule has 0 saturated carbocycles. The van der Waals surface area contributed by atoms with Crippen LogP contribution in [0.1, 0.15) is 26.2 Å². The average molecular weight is 290 g/mol. The Kier molecular flexibility index (Phi) is 4.01. The van der Waals surface area contributed by atoms with Crippen LogP contribution in [0.25, 0.3) is 0 Å². The lowest BCUT2D eigenvalue weighted by molar-refractivity contribution is -0.125. The van der Waals surface area contributed by atoms with Crippen LogP contribution in [0.4, 0.5) is 5.69 Å². The van der Waals surface area contributed by atoms with Crippen molar-refractivity contribution in [3.8, 4) is 11.5 Å². The topological polar surface area (TPSA) is 53.0 Å². The van der Waals surface area contributed by atoms with Crippen molar-refractivity contribution in [2.45, 2.75) is 32.3 Å². The summed E-state index contributed by atoms with van der Waals surface area (Å²) >= 11 is 0. The molecule has 1 aromatic carbocycles. The van der Waals surface area contributed by atoms with Gasteiger partial charge in [-0.3, -0.25) is 4.79 Å². The Hall–Kier alpha value is -1.75. The van der Waals surface area contributed by atoms with Crippen LogP contribution in [-0.4, -0.2) is 48.2 Å². The van der Waals surface area contributed by atoms with Crippen LogP contribution in [0.5, 0.6) is 11.5 Å². The number of phenols is 1. The number of hydrogen-bond donors (Lipinski definition) is 1. The van der Waals surface area contributed by atoms with Crippen molar-refractivity contribution in [2.24, 2.45) is 0 Å². The maximum Gasteiger partial charge on any atom is 0.267 e. The minimum absolute atomic E-state index is 0.00907. The highest BCUT2D eigenvalue weighted by Crippen LogP contribution is 2.36. The summed E-state index contributed by atoms with van der Waals surface area (Å²) in [5.41, 5.74) is 0.757. The van der Waals surface area contributed by atoms with Gasteiger partial charge in [-0.1, -0.05) is 6.42 Å². The molecule has 1 amide bonds. The summed E-state index contributed by atoms with van der Waals surface area (Å²) in [6.45, 7) is 5.55. The number of amides is 1. The molecule has 1 saturated heterocycles. The zero-order chi connectivity index (χ0) is 14.8. The van der Waals surface area contributed by atoms with E-state index in [-0.39, 0.29) is 11.7 Å². The lowest BCUT2D eigenvalue weighted by Crippen LogP contribution is -2.48. The zero-order valence-corrected chi connectivity index (χ0v) is 12.4. The van der Waals surface area contributed by atoms with E-state index in [4.69, 9.17) is 4.74 Å². The van der Waals surface area contributed by atoms with Gasteiger partial charge in [0.25, 0.3) is 5.91 Å². The lowest BCUT2D eigenvalue weighted by atomic mass is 10.1. The molecule has 1 aromatic rings. The predicted octanol–water partition coefficient (Wildman–Crippen LogP) is 1.99. The van der Waals surface area contributed by atoms with E-state index < -0.39 is 6.10 Å². The summed E-state index contributed by atoms with van der Waals surface area (Å²) in [6, 6.07) is 4.93. The van der Waals surface area contributed by atoms with E-state index >= 15 is 0 Å². The number of hydrogen-bond acceptors (Lipinski definition) is 4. The molecule has 0 aliphatic carbocycles. The molecule has 114 valence electrons. The van der Waals surface area contributed by atoms with E-state index in [1.54, 1.807) is 30.0 Å². The smallest absolute Gasteiger partial charge is 0.267 e. The third-order valence-electron chi connectivity index (χ3n) is 4.24. The van der Waals surface area contributed by atoms with E-state index in [0.29, 0.717) is 12.3 Å². The second kappa shape index (κ2) is 5.93. The Bertz CT molecular complexity index is 526. The van der Waals surface area contributed by atoms with Gasteiger partial charge in [0.2, 0.25) is 0 Å². The van der Waals surface area contributed by atoms with Crippen molar-refractivity contribution in [2.75, 3.05) is 31.1 Å². The first-order valence-corrected chi connectivity index (χ1v) is 7.68. The number of aromatic hydroxyl groups is 1. The maximum absolute atomic E-state index is 12.4. The molecule has 2 aliphatic heterocycles. The number of likely N-dealkylation sites (tertiary alicyclic amines) is 1. The normalized spacial score (nSPS) is 22.8. The summed E-state index contributed by atoms with van der Waals surface area (Å²) in [6.07, 6.45) is 3.31. The molecule has 21 heavy (non-hydrogen) atoms. The van der Waals surface area contributed by atoms with Gasteiger partial charge in [0.15, 0.2) is 6.10 Å². The molecule has 1 N–H and O–H groups in total. The molecule has 0 bridgehead atoms. The Labute approximate surface area is 125 Å². The molecular formula is C16H22N2O3. The number of fused-ring (bicyclic) bond motifs is 1. The van der Waals surface area contributed by atoms with Crippen LogP contribution >= 0.6 is 0 Å². The fourth-order valence-electron chi connectivity index (χ4n) is 3.05. The van der Waals surface area contributed by atoms with E-state index in [1.807, 2.05) is 0 Å². The Morgan fingerprint density at radius 2 is 2.00 bits per heavy atom. The standard InChI is InChI=1S/C16H22N2O3/c1-12-16(20)18(10-9-17-7-3-2-4-8-17)14-6-5-13(19)11-15(14)21-12/h5-6,11-12,19H,2-4,7-10H2,1H3. The third-order valence-corrected chi connectivity index (χ3v) is 4.24. The van der Waals surface area contributed by atoms with Crippen LogP contribution in [0.3, 0.4) is 0 Å². The number of carbonyl (C=O) groups is 1. The molecule has 0 spiro atoms. The number of carbonyl (C=O) groups excluding carboxylic acids is 1. The molecule has 1 unspecified atom stereocenters. The van der Waals surface area contributed by atoms with E-state index in [2.05, 4.69) is 4.90 Å². The zero-order valence-electron chi connectivity index (χ0n) is 12.4. The molecular weight excluding hydrogens is 268 g/mol. The number of piperidine rings is 1. The van der Waals surface area contributed by atoms with Crippen molar-refractivity contribution in [3.63, 3.8) is 0 Å². The summed E-state index contributed by atoms with van der Waals surface area (Å²) in [4.78, 5) is 16.6. The van der Waals surface area contributed by atoms with E-state index in [9.17, 15) is 9.90 Å². The van der Waals surface area contributed by atoms with E-state index in [1.165, 1.54) is 19.3 Å². The minimum Gasteiger partial charge on any atom is -0.508 e. The average Bonchev–Trinajstić information content (AvgIpc) is 2.49. The molecule has 0 radical (unpaired) electrons. The van der Waals surface area contributed by atoms with Crippen molar-refractivity contribution < 1.29 is 14.6 Å². The molecule has 0 aromatic heterocycles. The Morgan fingerprint density at radius 3 is 2.76 bits per heavy atom. The van der Waals surface area contributed by atoms with Crippen LogP contribution < -0.4 is 9.64 Å². The molecule has 5 heteroatoms. The second-order valence-corrected chi connectivity index (χ2v) is 5.80. The van der Waals surface area contributed by atoms with Crippen LogP contribution in [-0.2, 0) is 4.79 Å². The molecule has 3 rings (SSSR count). The number of rotatable bonds is 3. The van der Waals surface area contributed by atoms with Gasteiger partial charge in [0.05, 0.1) is 5.69 Å². The predicted molar refractivity (Wildman–Crippen MR) is 80.8 cm³/mol. The van der Waals surface area contributed by atoms with Gasteiger partial charge in [0.1, 0.15) is 11.5 Å². The van der Waals surface area contributed by atoms with Gasteiger partial charge in [-0.2, -0.15) is 0 Å². The monoisotopic (exact) mass is 290 g/mol. The quantitative estimate of drug-likeness (QED) is 0.925. The number of phenolic OH excluding ortho intramolecular Hbond substituents is 1. The number of benzene rings is 1. The number of ether oxygens (including phenoxy) is 1. The van der Waals surface area contributed by atoms with Gasteiger partial charge in [-0.25, -0.2) is 0 Å².